The lowest BCUT2D eigenvalue weighted by molar-refractivity contribution is 0.102. The van der Waals surface area contributed by atoms with Crippen molar-refractivity contribution in [2.75, 3.05) is 19.4 Å². The predicted molar refractivity (Wildman–Crippen MR) is 98.7 cm³/mol. The van der Waals surface area contributed by atoms with Crippen LogP contribution in [0.2, 0.25) is 0 Å². The number of nitrogens with zero attached hydrogens (tertiary/aromatic N) is 2. The van der Waals surface area contributed by atoms with E-state index in [1.807, 2.05) is 0 Å². The van der Waals surface area contributed by atoms with Crippen LogP contribution < -0.4 is 5.32 Å². The molecule has 8 heteroatoms. The first-order valence-electron chi connectivity index (χ1n) is 7.25. The van der Waals surface area contributed by atoms with Crippen LogP contribution in [0.3, 0.4) is 0 Å². The van der Waals surface area contributed by atoms with Crippen LogP contribution in [-0.4, -0.2) is 32.7 Å². The largest absolute Gasteiger partial charge is 0.322 e. The number of anilines is 1. The molecule has 6 nitrogen and oxygen atoms in total. The average molecular weight is 422 g/mol. The maximum Gasteiger partial charge on any atom is 0.255 e. The molecule has 0 fully saturated rings. The summed E-state index contributed by atoms with van der Waals surface area (Å²) < 4.78 is 26.1. The topological polar surface area (TPSA) is 90.3 Å². The Bertz CT molecular complexity index is 933. The first-order valence-corrected chi connectivity index (χ1v) is 9.48. The zero-order valence-corrected chi connectivity index (χ0v) is 16.1. The summed E-state index contributed by atoms with van der Waals surface area (Å²) in [5.74, 6) is -0.421. The zero-order valence-electron chi connectivity index (χ0n) is 13.7. The van der Waals surface area contributed by atoms with E-state index < -0.39 is 15.9 Å². The molecule has 0 aliphatic carbocycles. The first-order chi connectivity index (χ1) is 11.8. The molecule has 2 aromatic carbocycles. The third-order valence-corrected chi connectivity index (χ3v) is 6.26. The highest BCUT2D eigenvalue weighted by Gasteiger charge is 2.22. The molecule has 0 bridgehead atoms. The van der Waals surface area contributed by atoms with Gasteiger partial charge in [-0.15, -0.1) is 0 Å². The van der Waals surface area contributed by atoms with Crippen molar-refractivity contribution >= 4 is 37.5 Å². The minimum atomic E-state index is -3.67. The van der Waals surface area contributed by atoms with Crippen molar-refractivity contribution in [3.05, 3.63) is 58.1 Å². The lowest BCUT2D eigenvalue weighted by Crippen LogP contribution is -2.23. The summed E-state index contributed by atoms with van der Waals surface area (Å²) >= 11 is 3.21. The van der Waals surface area contributed by atoms with Gasteiger partial charge in [-0.05, 0) is 51.8 Å². The molecular weight excluding hydrogens is 406 g/mol. The molecule has 2 rings (SSSR count). The SMILES string of the molecule is CN(C)S(=O)(=O)c1cc(C(=O)Nc2ccc(CC#N)cc2)ccc1Br. The van der Waals surface area contributed by atoms with Crippen LogP contribution in [0.5, 0.6) is 0 Å². The summed E-state index contributed by atoms with van der Waals surface area (Å²) in [5.41, 5.74) is 1.64. The highest BCUT2D eigenvalue weighted by molar-refractivity contribution is 9.10. The van der Waals surface area contributed by atoms with Crippen LogP contribution in [0.1, 0.15) is 15.9 Å². The summed E-state index contributed by atoms with van der Waals surface area (Å²) in [6, 6.07) is 13.3. The van der Waals surface area contributed by atoms with E-state index in [9.17, 15) is 13.2 Å². The van der Waals surface area contributed by atoms with Crippen molar-refractivity contribution in [1.29, 1.82) is 5.26 Å². The van der Waals surface area contributed by atoms with Gasteiger partial charge in [-0.25, -0.2) is 12.7 Å². The number of carbonyl (C=O) groups is 1. The lowest BCUT2D eigenvalue weighted by atomic mass is 10.1. The molecule has 25 heavy (non-hydrogen) atoms. The van der Waals surface area contributed by atoms with Gasteiger partial charge in [-0.3, -0.25) is 4.79 Å². The third-order valence-electron chi connectivity index (χ3n) is 3.45. The van der Waals surface area contributed by atoms with E-state index in [1.165, 1.54) is 32.3 Å². The van der Waals surface area contributed by atoms with Gasteiger partial charge >= 0.3 is 0 Å². The van der Waals surface area contributed by atoms with Crippen molar-refractivity contribution < 1.29 is 13.2 Å². The minimum absolute atomic E-state index is 0.0227. The van der Waals surface area contributed by atoms with E-state index in [-0.39, 0.29) is 10.5 Å². The number of hydrogen-bond acceptors (Lipinski definition) is 4. The second-order valence-corrected chi connectivity index (χ2v) is 8.39. The van der Waals surface area contributed by atoms with Crippen molar-refractivity contribution in [3.63, 3.8) is 0 Å². The van der Waals surface area contributed by atoms with E-state index in [4.69, 9.17) is 5.26 Å². The molecule has 0 atom stereocenters. The second kappa shape index (κ2) is 7.78. The summed E-state index contributed by atoms with van der Waals surface area (Å²) in [7, 11) is -0.817. The number of benzene rings is 2. The lowest BCUT2D eigenvalue weighted by Gasteiger charge is -2.14. The predicted octanol–water partition coefficient (Wildman–Crippen LogP) is 3.02. The molecule has 130 valence electrons. The maximum atomic E-state index is 12.4. The highest BCUT2D eigenvalue weighted by Crippen LogP contribution is 2.25. The number of halogens is 1. The Labute approximate surface area is 155 Å². The van der Waals surface area contributed by atoms with Crippen molar-refractivity contribution in [3.8, 4) is 6.07 Å². The first kappa shape index (κ1) is 19.1. The van der Waals surface area contributed by atoms with Gasteiger partial charge in [0.05, 0.1) is 17.4 Å². The van der Waals surface area contributed by atoms with E-state index in [0.717, 1.165) is 9.87 Å². The van der Waals surface area contributed by atoms with Crippen LogP contribution in [0.15, 0.2) is 51.8 Å². The fourth-order valence-corrected chi connectivity index (χ4v) is 3.88. The van der Waals surface area contributed by atoms with Gasteiger partial charge in [-0.2, -0.15) is 5.26 Å². The van der Waals surface area contributed by atoms with Gasteiger partial charge in [-0.1, -0.05) is 12.1 Å². The number of hydrogen-bond donors (Lipinski definition) is 1. The Kier molecular flexibility index (Phi) is 5.95. The monoisotopic (exact) mass is 421 g/mol. The fourth-order valence-electron chi connectivity index (χ4n) is 2.04. The van der Waals surface area contributed by atoms with Crippen LogP contribution in [0.25, 0.3) is 0 Å². The number of nitriles is 1. The van der Waals surface area contributed by atoms with Gasteiger partial charge in [0.1, 0.15) is 0 Å². The summed E-state index contributed by atoms with van der Waals surface area (Å²) in [6.45, 7) is 0. The van der Waals surface area contributed by atoms with Crippen LogP contribution in [0, 0.1) is 11.3 Å². The Morgan fingerprint density at radius 1 is 1.20 bits per heavy atom. The Morgan fingerprint density at radius 2 is 1.84 bits per heavy atom. The summed E-state index contributed by atoms with van der Waals surface area (Å²) in [5, 5.41) is 11.4. The number of nitrogens with one attached hydrogen (secondary N) is 1. The van der Waals surface area contributed by atoms with Crippen molar-refractivity contribution in [2.24, 2.45) is 0 Å². The Hall–Kier alpha value is -2.21. The number of rotatable bonds is 5. The number of sulfonamides is 1. The number of amides is 1. The Morgan fingerprint density at radius 3 is 2.40 bits per heavy atom. The third kappa shape index (κ3) is 4.45. The van der Waals surface area contributed by atoms with E-state index in [1.54, 1.807) is 24.3 Å². The van der Waals surface area contributed by atoms with Crippen LogP contribution >= 0.6 is 15.9 Å². The van der Waals surface area contributed by atoms with Crippen LogP contribution in [0.4, 0.5) is 5.69 Å². The minimum Gasteiger partial charge on any atom is -0.322 e. The molecule has 1 amide bonds. The van der Waals surface area contributed by atoms with E-state index in [2.05, 4.69) is 27.3 Å². The van der Waals surface area contributed by atoms with Gasteiger partial charge in [0, 0.05) is 29.8 Å². The molecular formula is C17H16BrN3O3S. The number of carbonyl (C=O) groups excluding carboxylic acids is 1. The smallest absolute Gasteiger partial charge is 0.255 e. The van der Waals surface area contributed by atoms with Crippen LogP contribution in [-0.2, 0) is 16.4 Å². The summed E-state index contributed by atoms with van der Waals surface area (Å²) in [6.07, 6.45) is 0.298. The molecule has 2 aromatic rings. The molecule has 0 radical (unpaired) electrons. The van der Waals surface area contributed by atoms with Gasteiger partial charge in [0.15, 0.2) is 0 Å². The second-order valence-electron chi connectivity index (χ2n) is 5.42. The molecule has 0 heterocycles. The quantitative estimate of drug-likeness (QED) is 0.802. The van der Waals surface area contributed by atoms with E-state index in [0.29, 0.717) is 16.6 Å². The maximum absolute atomic E-state index is 12.4. The Balaban J connectivity index is 2.27. The van der Waals surface area contributed by atoms with Gasteiger partial charge < -0.3 is 5.32 Å². The summed E-state index contributed by atoms with van der Waals surface area (Å²) in [4.78, 5) is 12.4. The standard InChI is InChI=1S/C17H16BrN3O3S/c1-21(2)25(23,24)16-11-13(5-8-15(16)18)17(22)20-14-6-3-12(4-7-14)9-10-19/h3-8,11H,9H2,1-2H3,(H,20,22). The normalized spacial score (nSPS) is 11.2. The molecule has 0 aromatic heterocycles. The average Bonchev–Trinajstić information content (AvgIpc) is 2.57. The van der Waals surface area contributed by atoms with Crippen molar-refractivity contribution in [1.82, 2.24) is 4.31 Å². The molecule has 0 saturated carbocycles. The molecule has 1 N–H and O–H groups in total. The highest BCUT2D eigenvalue weighted by atomic mass is 79.9. The molecule has 0 aliphatic heterocycles. The molecule has 0 unspecified atom stereocenters. The molecule has 0 saturated heterocycles. The molecule has 0 aliphatic rings. The molecule has 0 spiro atoms. The zero-order chi connectivity index (χ0) is 18.6. The van der Waals surface area contributed by atoms with E-state index >= 15 is 0 Å². The van der Waals surface area contributed by atoms with Gasteiger partial charge in [0.2, 0.25) is 10.0 Å². The fraction of sp³-hybridized carbons (Fsp3) is 0.176. The van der Waals surface area contributed by atoms with Crippen molar-refractivity contribution in [2.45, 2.75) is 11.3 Å². The van der Waals surface area contributed by atoms with Gasteiger partial charge in [0.25, 0.3) is 5.91 Å².